The van der Waals surface area contributed by atoms with E-state index in [1.54, 1.807) is 26.3 Å². The Labute approximate surface area is 140 Å². The standard InChI is InChI=1S/C19H19NO4/c1-13(21)15-4-3-5-17(10-15)23-12-19-20-11-18(24-19)14-6-8-16(22-2)9-7-14/h3-11,13,21H,12H2,1-2H3. The number of ether oxygens (including phenoxy) is 2. The molecule has 1 N–H and O–H groups in total. The van der Waals surface area contributed by atoms with Crippen LogP contribution in [0.15, 0.2) is 59.1 Å². The second kappa shape index (κ2) is 7.19. The molecule has 0 saturated heterocycles. The van der Waals surface area contributed by atoms with Gasteiger partial charge < -0.3 is 19.0 Å². The largest absolute Gasteiger partial charge is 0.497 e. The van der Waals surface area contributed by atoms with Crippen LogP contribution < -0.4 is 9.47 Å². The van der Waals surface area contributed by atoms with Crippen LogP contribution in [0.5, 0.6) is 11.5 Å². The van der Waals surface area contributed by atoms with Crippen molar-refractivity contribution in [3.63, 3.8) is 0 Å². The minimum atomic E-state index is -0.531. The van der Waals surface area contributed by atoms with Crippen molar-refractivity contribution in [3.05, 3.63) is 66.2 Å². The molecule has 2 aromatic carbocycles. The Morgan fingerprint density at radius 2 is 1.92 bits per heavy atom. The van der Waals surface area contributed by atoms with Crippen molar-refractivity contribution in [2.24, 2.45) is 0 Å². The van der Waals surface area contributed by atoms with Crippen molar-refractivity contribution >= 4 is 0 Å². The zero-order valence-electron chi connectivity index (χ0n) is 13.6. The molecule has 24 heavy (non-hydrogen) atoms. The van der Waals surface area contributed by atoms with Crippen LogP contribution in [0.1, 0.15) is 24.5 Å². The molecule has 0 aliphatic carbocycles. The van der Waals surface area contributed by atoms with Crippen LogP contribution in [0.3, 0.4) is 0 Å². The van der Waals surface area contributed by atoms with E-state index in [0.717, 1.165) is 16.9 Å². The molecule has 1 atom stereocenters. The highest BCUT2D eigenvalue weighted by Crippen LogP contribution is 2.24. The minimum Gasteiger partial charge on any atom is -0.497 e. The Morgan fingerprint density at radius 1 is 1.12 bits per heavy atom. The molecule has 0 bridgehead atoms. The minimum absolute atomic E-state index is 0.222. The quantitative estimate of drug-likeness (QED) is 0.742. The van der Waals surface area contributed by atoms with Gasteiger partial charge in [-0.25, -0.2) is 4.98 Å². The summed E-state index contributed by atoms with van der Waals surface area (Å²) in [5.74, 6) is 2.62. The smallest absolute Gasteiger partial charge is 0.232 e. The molecule has 0 radical (unpaired) electrons. The fourth-order valence-electron chi connectivity index (χ4n) is 2.27. The average molecular weight is 325 g/mol. The number of benzene rings is 2. The van der Waals surface area contributed by atoms with E-state index in [1.807, 2.05) is 42.5 Å². The number of hydrogen-bond acceptors (Lipinski definition) is 5. The number of methoxy groups -OCH3 is 1. The van der Waals surface area contributed by atoms with Gasteiger partial charge in [0.1, 0.15) is 11.5 Å². The van der Waals surface area contributed by atoms with Crippen molar-refractivity contribution in [3.8, 4) is 22.8 Å². The lowest BCUT2D eigenvalue weighted by Gasteiger charge is -2.08. The third-order valence-electron chi connectivity index (χ3n) is 3.63. The number of rotatable bonds is 6. The Morgan fingerprint density at radius 3 is 2.62 bits per heavy atom. The lowest BCUT2D eigenvalue weighted by molar-refractivity contribution is 0.198. The molecule has 0 aliphatic heterocycles. The molecule has 1 heterocycles. The monoisotopic (exact) mass is 325 g/mol. The van der Waals surface area contributed by atoms with Gasteiger partial charge in [-0.15, -0.1) is 0 Å². The molecular formula is C19H19NO4. The molecule has 3 rings (SSSR count). The summed E-state index contributed by atoms with van der Waals surface area (Å²) < 4.78 is 16.5. The van der Waals surface area contributed by atoms with Gasteiger partial charge in [-0.1, -0.05) is 12.1 Å². The van der Waals surface area contributed by atoms with Crippen LogP contribution in [0.25, 0.3) is 11.3 Å². The molecule has 1 unspecified atom stereocenters. The molecule has 124 valence electrons. The summed E-state index contributed by atoms with van der Waals surface area (Å²) >= 11 is 0. The second-order valence-electron chi connectivity index (χ2n) is 5.38. The van der Waals surface area contributed by atoms with Gasteiger partial charge in [0.05, 0.1) is 19.4 Å². The van der Waals surface area contributed by atoms with Crippen LogP contribution in [0.2, 0.25) is 0 Å². The number of oxazole rings is 1. The van der Waals surface area contributed by atoms with Crippen molar-refractivity contribution in [1.82, 2.24) is 4.98 Å². The first-order valence-electron chi connectivity index (χ1n) is 7.65. The lowest BCUT2D eigenvalue weighted by Crippen LogP contribution is -1.97. The predicted molar refractivity (Wildman–Crippen MR) is 89.9 cm³/mol. The molecule has 0 saturated carbocycles. The van der Waals surface area contributed by atoms with E-state index >= 15 is 0 Å². The van der Waals surface area contributed by atoms with Crippen LogP contribution in [0.4, 0.5) is 0 Å². The van der Waals surface area contributed by atoms with E-state index in [-0.39, 0.29) is 6.61 Å². The van der Waals surface area contributed by atoms with Crippen molar-refractivity contribution in [2.75, 3.05) is 7.11 Å². The van der Waals surface area contributed by atoms with Crippen LogP contribution >= 0.6 is 0 Å². The van der Waals surface area contributed by atoms with E-state index in [4.69, 9.17) is 13.9 Å². The Kier molecular flexibility index (Phi) is 4.82. The second-order valence-corrected chi connectivity index (χ2v) is 5.38. The third-order valence-corrected chi connectivity index (χ3v) is 3.63. The van der Waals surface area contributed by atoms with Crippen LogP contribution in [0, 0.1) is 0 Å². The third kappa shape index (κ3) is 3.75. The van der Waals surface area contributed by atoms with Gasteiger partial charge in [0.2, 0.25) is 5.89 Å². The fourth-order valence-corrected chi connectivity index (χ4v) is 2.27. The van der Waals surface area contributed by atoms with E-state index in [0.29, 0.717) is 17.4 Å². The number of aliphatic hydroxyl groups is 1. The molecular weight excluding hydrogens is 306 g/mol. The highest BCUT2D eigenvalue weighted by Gasteiger charge is 2.08. The van der Waals surface area contributed by atoms with Gasteiger partial charge in [0.15, 0.2) is 12.4 Å². The van der Waals surface area contributed by atoms with E-state index < -0.39 is 6.10 Å². The van der Waals surface area contributed by atoms with Crippen molar-refractivity contribution < 1.29 is 19.0 Å². The van der Waals surface area contributed by atoms with Gasteiger partial charge in [-0.05, 0) is 48.9 Å². The number of aliphatic hydroxyl groups excluding tert-OH is 1. The molecule has 0 spiro atoms. The fraction of sp³-hybridized carbons (Fsp3) is 0.211. The predicted octanol–water partition coefficient (Wildman–Crippen LogP) is 3.98. The summed E-state index contributed by atoms with van der Waals surface area (Å²) in [5, 5.41) is 9.60. The van der Waals surface area contributed by atoms with Gasteiger partial charge in [0.25, 0.3) is 0 Å². The first-order valence-corrected chi connectivity index (χ1v) is 7.65. The molecule has 5 heteroatoms. The van der Waals surface area contributed by atoms with E-state index in [9.17, 15) is 5.11 Å². The molecule has 3 aromatic rings. The summed E-state index contributed by atoms with van der Waals surface area (Å²) in [6, 6.07) is 14.9. The Hall–Kier alpha value is -2.79. The maximum Gasteiger partial charge on any atom is 0.232 e. The van der Waals surface area contributed by atoms with Crippen LogP contribution in [-0.2, 0) is 6.61 Å². The summed E-state index contributed by atoms with van der Waals surface area (Å²) in [4.78, 5) is 4.24. The topological polar surface area (TPSA) is 64.7 Å². The van der Waals surface area contributed by atoms with Crippen molar-refractivity contribution in [1.29, 1.82) is 0 Å². The van der Waals surface area contributed by atoms with Crippen LogP contribution in [-0.4, -0.2) is 17.2 Å². The van der Waals surface area contributed by atoms with Gasteiger partial charge in [-0.3, -0.25) is 0 Å². The summed E-state index contributed by atoms with van der Waals surface area (Å²) in [5.41, 5.74) is 1.73. The highest BCUT2D eigenvalue weighted by molar-refractivity contribution is 5.57. The summed E-state index contributed by atoms with van der Waals surface area (Å²) in [6.45, 7) is 1.94. The maximum atomic E-state index is 9.60. The number of hydrogen-bond donors (Lipinski definition) is 1. The highest BCUT2D eigenvalue weighted by atomic mass is 16.5. The Bertz CT molecular complexity index is 793. The zero-order valence-corrected chi connectivity index (χ0v) is 13.6. The lowest BCUT2D eigenvalue weighted by atomic mass is 10.1. The summed E-state index contributed by atoms with van der Waals surface area (Å²) in [6.07, 6.45) is 1.14. The van der Waals surface area contributed by atoms with Gasteiger partial charge in [-0.2, -0.15) is 0 Å². The molecule has 0 fully saturated rings. The van der Waals surface area contributed by atoms with Crippen molar-refractivity contribution in [2.45, 2.75) is 19.6 Å². The normalized spacial score (nSPS) is 12.0. The summed E-state index contributed by atoms with van der Waals surface area (Å²) in [7, 11) is 1.63. The van der Waals surface area contributed by atoms with E-state index in [1.165, 1.54) is 0 Å². The maximum absolute atomic E-state index is 9.60. The average Bonchev–Trinajstić information content (AvgIpc) is 3.09. The molecule has 0 amide bonds. The molecule has 5 nitrogen and oxygen atoms in total. The SMILES string of the molecule is COc1ccc(-c2cnc(COc3cccc(C(C)O)c3)o2)cc1. The first kappa shape index (κ1) is 16.1. The van der Waals surface area contributed by atoms with Gasteiger partial charge >= 0.3 is 0 Å². The number of aromatic nitrogens is 1. The molecule has 1 aromatic heterocycles. The zero-order chi connectivity index (χ0) is 16.9. The number of nitrogens with zero attached hydrogens (tertiary/aromatic N) is 1. The first-order chi connectivity index (χ1) is 11.7. The van der Waals surface area contributed by atoms with Gasteiger partial charge in [0, 0.05) is 5.56 Å². The molecule has 0 aliphatic rings. The Balaban J connectivity index is 1.66. The van der Waals surface area contributed by atoms with E-state index in [2.05, 4.69) is 4.98 Å².